The third-order valence-corrected chi connectivity index (χ3v) is 3.94. The van der Waals surface area contributed by atoms with Crippen molar-refractivity contribution in [2.45, 2.75) is 0 Å². The molecule has 2 rings (SSSR count). The predicted octanol–water partition coefficient (Wildman–Crippen LogP) is 4.18. The fourth-order valence-electron chi connectivity index (χ4n) is 2.21. The topological polar surface area (TPSA) is 87.9 Å². The summed E-state index contributed by atoms with van der Waals surface area (Å²) in [5, 5.41) is 11.2. The van der Waals surface area contributed by atoms with Gasteiger partial charge in [0.25, 0.3) is 5.69 Å². The van der Waals surface area contributed by atoms with E-state index >= 15 is 0 Å². The van der Waals surface area contributed by atoms with Crippen molar-refractivity contribution in [1.82, 2.24) is 0 Å². The number of nitro benzene ring substituents is 1. The highest BCUT2D eigenvalue weighted by Gasteiger charge is 2.11. The van der Waals surface area contributed by atoms with Crippen LogP contribution >= 0.6 is 11.6 Å². The summed E-state index contributed by atoms with van der Waals surface area (Å²) < 4.78 is 15.7. The van der Waals surface area contributed by atoms with E-state index in [9.17, 15) is 14.9 Å². The number of halogens is 1. The third kappa shape index (κ3) is 5.54. The number of carbonyl (C=O) groups excluding carboxylic acids is 1. The second kappa shape index (κ2) is 9.70. The predicted molar refractivity (Wildman–Crippen MR) is 102 cm³/mol. The molecule has 142 valence electrons. The normalized spacial score (nSPS) is 10.8. The van der Waals surface area contributed by atoms with Gasteiger partial charge < -0.3 is 14.2 Å². The lowest BCUT2D eigenvalue weighted by molar-refractivity contribution is -0.384. The standard InChI is InChI=1S/C19H18ClNO6/c1-25-9-10-27-18-8-4-14(12-19(18)26-2)17(22)7-3-13-11-15(21(23)24)5-6-16(13)20/h3-8,11-12H,9-10H2,1-2H3/b7-3+. The molecule has 0 atom stereocenters. The molecular weight excluding hydrogens is 374 g/mol. The number of ether oxygens (including phenoxy) is 3. The zero-order valence-corrected chi connectivity index (χ0v) is 15.6. The van der Waals surface area contributed by atoms with Gasteiger partial charge in [0.1, 0.15) is 6.61 Å². The van der Waals surface area contributed by atoms with E-state index in [1.807, 2.05) is 0 Å². The molecule has 0 bridgehead atoms. The summed E-state index contributed by atoms with van der Waals surface area (Å²) >= 11 is 6.03. The first-order valence-corrected chi connectivity index (χ1v) is 8.30. The minimum atomic E-state index is -0.525. The summed E-state index contributed by atoms with van der Waals surface area (Å²) in [7, 11) is 3.05. The summed E-state index contributed by atoms with van der Waals surface area (Å²) in [6, 6.07) is 8.82. The van der Waals surface area contributed by atoms with E-state index < -0.39 is 4.92 Å². The van der Waals surface area contributed by atoms with E-state index in [0.29, 0.717) is 40.9 Å². The SMILES string of the molecule is COCCOc1ccc(C(=O)/C=C/c2cc([N+](=O)[O-])ccc2Cl)cc1OC. The zero-order chi connectivity index (χ0) is 19.8. The van der Waals surface area contributed by atoms with Crippen LogP contribution in [0.2, 0.25) is 5.02 Å². The maximum absolute atomic E-state index is 12.4. The van der Waals surface area contributed by atoms with E-state index in [1.54, 1.807) is 25.3 Å². The number of hydrogen-bond donors (Lipinski definition) is 0. The fourth-order valence-corrected chi connectivity index (χ4v) is 2.39. The minimum Gasteiger partial charge on any atom is -0.493 e. The molecule has 0 amide bonds. The van der Waals surface area contributed by atoms with Crippen molar-refractivity contribution in [3.8, 4) is 11.5 Å². The Bertz CT molecular complexity index is 865. The number of nitro groups is 1. The Morgan fingerprint density at radius 1 is 1.15 bits per heavy atom. The van der Waals surface area contributed by atoms with Crippen molar-refractivity contribution in [2.75, 3.05) is 27.4 Å². The number of carbonyl (C=O) groups is 1. The number of ketones is 1. The molecule has 0 aliphatic carbocycles. The van der Waals surface area contributed by atoms with Gasteiger partial charge in [-0.2, -0.15) is 0 Å². The first-order valence-electron chi connectivity index (χ1n) is 7.92. The maximum atomic E-state index is 12.4. The highest BCUT2D eigenvalue weighted by Crippen LogP contribution is 2.29. The second-order valence-electron chi connectivity index (χ2n) is 5.37. The largest absolute Gasteiger partial charge is 0.493 e. The van der Waals surface area contributed by atoms with Crippen molar-refractivity contribution in [3.05, 3.63) is 68.7 Å². The lowest BCUT2D eigenvalue weighted by atomic mass is 10.1. The number of benzene rings is 2. The van der Waals surface area contributed by atoms with E-state index in [2.05, 4.69) is 0 Å². The Morgan fingerprint density at radius 3 is 2.59 bits per heavy atom. The van der Waals surface area contributed by atoms with Crippen molar-refractivity contribution in [3.63, 3.8) is 0 Å². The first kappa shape index (κ1) is 20.4. The molecule has 0 unspecified atom stereocenters. The summed E-state index contributed by atoms with van der Waals surface area (Å²) in [4.78, 5) is 22.7. The van der Waals surface area contributed by atoms with Gasteiger partial charge in [-0.3, -0.25) is 14.9 Å². The van der Waals surface area contributed by atoms with Crippen molar-refractivity contribution < 1.29 is 23.9 Å². The third-order valence-electron chi connectivity index (χ3n) is 3.60. The Morgan fingerprint density at radius 2 is 1.93 bits per heavy atom. The average molecular weight is 392 g/mol. The van der Waals surface area contributed by atoms with E-state index in [0.717, 1.165) is 0 Å². The molecule has 0 spiro atoms. The molecule has 2 aromatic carbocycles. The minimum absolute atomic E-state index is 0.106. The molecule has 0 fully saturated rings. The van der Waals surface area contributed by atoms with Gasteiger partial charge in [-0.05, 0) is 42.0 Å². The van der Waals surface area contributed by atoms with Crippen LogP contribution in [0.4, 0.5) is 5.69 Å². The van der Waals surface area contributed by atoms with E-state index in [4.69, 9.17) is 25.8 Å². The van der Waals surface area contributed by atoms with Crippen molar-refractivity contribution >= 4 is 29.1 Å². The molecule has 0 N–H and O–H groups in total. The van der Waals surface area contributed by atoms with Gasteiger partial charge in [-0.15, -0.1) is 0 Å². The van der Waals surface area contributed by atoms with Crippen LogP contribution in [-0.2, 0) is 4.74 Å². The highest BCUT2D eigenvalue weighted by atomic mass is 35.5. The van der Waals surface area contributed by atoms with Crippen LogP contribution < -0.4 is 9.47 Å². The second-order valence-corrected chi connectivity index (χ2v) is 5.77. The van der Waals surface area contributed by atoms with Gasteiger partial charge in [0.05, 0.1) is 18.6 Å². The Hall–Kier alpha value is -2.90. The van der Waals surface area contributed by atoms with E-state index in [-0.39, 0.29) is 11.5 Å². The lowest BCUT2D eigenvalue weighted by Crippen LogP contribution is -2.06. The Kier molecular flexibility index (Phi) is 7.34. The van der Waals surface area contributed by atoms with Crippen molar-refractivity contribution in [1.29, 1.82) is 0 Å². The van der Waals surface area contributed by atoms with Gasteiger partial charge in [-0.25, -0.2) is 0 Å². The summed E-state index contributed by atoms with van der Waals surface area (Å²) in [6.45, 7) is 0.780. The number of nitrogens with zero attached hydrogens (tertiary/aromatic N) is 1. The molecule has 7 nitrogen and oxygen atoms in total. The number of non-ortho nitro benzene ring substituents is 1. The molecule has 0 aliphatic heterocycles. The number of rotatable bonds is 9. The van der Waals surface area contributed by atoms with Crippen LogP contribution in [0.15, 0.2) is 42.5 Å². The van der Waals surface area contributed by atoms with Gasteiger partial charge >= 0.3 is 0 Å². The maximum Gasteiger partial charge on any atom is 0.270 e. The molecule has 2 aromatic rings. The van der Waals surface area contributed by atoms with Gasteiger partial charge in [0.2, 0.25) is 0 Å². The molecule has 0 aliphatic rings. The molecule has 0 saturated heterocycles. The monoisotopic (exact) mass is 391 g/mol. The Labute approximate surface area is 161 Å². The molecule has 0 saturated carbocycles. The molecule has 0 aromatic heterocycles. The summed E-state index contributed by atoms with van der Waals surface area (Å²) in [5.41, 5.74) is 0.653. The molecule has 0 heterocycles. The van der Waals surface area contributed by atoms with Gasteiger partial charge in [0, 0.05) is 29.8 Å². The summed E-state index contributed by atoms with van der Waals surface area (Å²) in [6.07, 6.45) is 2.73. The van der Waals surface area contributed by atoms with Crippen LogP contribution in [0.1, 0.15) is 15.9 Å². The zero-order valence-electron chi connectivity index (χ0n) is 14.8. The smallest absolute Gasteiger partial charge is 0.270 e. The number of hydrogen-bond acceptors (Lipinski definition) is 6. The van der Waals surface area contributed by atoms with E-state index in [1.165, 1.54) is 37.5 Å². The fraction of sp³-hybridized carbons (Fsp3) is 0.211. The molecular formula is C19H18ClNO6. The highest BCUT2D eigenvalue weighted by molar-refractivity contribution is 6.32. The number of methoxy groups -OCH3 is 2. The summed E-state index contributed by atoms with van der Waals surface area (Å²) in [5.74, 6) is 0.606. The van der Waals surface area contributed by atoms with Crippen LogP contribution in [0.25, 0.3) is 6.08 Å². The first-order chi connectivity index (χ1) is 13.0. The van der Waals surface area contributed by atoms with Crippen LogP contribution in [0, 0.1) is 10.1 Å². The lowest BCUT2D eigenvalue weighted by Gasteiger charge is -2.11. The van der Waals surface area contributed by atoms with Gasteiger partial charge in [-0.1, -0.05) is 11.6 Å². The van der Waals surface area contributed by atoms with Crippen LogP contribution in [-0.4, -0.2) is 38.1 Å². The Balaban J connectivity index is 2.19. The molecule has 8 heteroatoms. The quantitative estimate of drug-likeness (QED) is 0.209. The molecule has 27 heavy (non-hydrogen) atoms. The average Bonchev–Trinajstić information content (AvgIpc) is 2.67. The van der Waals surface area contributed by atoms with Crippen molar-refractivity contribution in [2.24, 2.45) is 0 Å². The van der Waals surface area contributed by atoms with Crippen LogP contribution in [0.5, 0.6) is 11.5 Å². The van der Waals surface area contributed by atoms with Crippen LogP contribution in [0.3, 0.4) is 0 Å². The number of allylic oxidation sites excluding steroid dienone is 1. The molecule has 0 radical (unpaired) electrons. The van der Waals surface area contributed by atoms with Gasteiger partial charge in [0.15, 0.2) is 17.3 Å².